The van der Waals surface area contributed by atoms with Gasteiger partial charge >= 0.3 is 16.5 Å². The number of nitrogens with zero attached hydrogens (tertiary/aromatic N) is 2. The molecule has 0 aromatic heterocycles. The van der Waals surface area contributed by atoms with E-state index in [9.17, 15) is 5.53 Å². The number of benzene rings is 2. The molecule has 1 aliphatic heterocycles. The van der Waals surface area contributed by atoms with Crippen molar-refractivity contribution in [2.75, 3.05) is 0 Å². The van der Waals surface area contributed by atoms with Crippen molar-refractivity contribution in [3.63, 3.8) is 0 Å². The van der Waals surface area contributed by atoms with E-state index in [4.69, 9.17) is 0 Å². The fourth-order valence-electron chi connectivity index (χ4n) is 8.07. The minimum Gasteiger partial charge on any atom is -0.493 e. The van der Waals surface area contributed by atoms with Crippen molar-refractivity contribution < 1.29 is 21.2 Å². The molecule has 1 aliphatic rings. The molecular formula is C51H84N2Ni. The van der Waals surface area contributed by atoms with Crippen LogP contribution in [0.1, 0.15) is 223 Å². The van der Waals surface area contributed by atoms with Gasteiger partial charge in [0.15, 0.2) is 0 Å². The van der Waals surface area contributed by atoms with Crippen molar-refractivity contribution in [1.82, 2.24) is 0 Å². The SMILES string of the molecule is CCCCCCCCC1=C(c2cc(CCCCCC)cc(CCCCCC)c2)[N+](=[N-])C(c2cc(CCCC)cc(CCCC)c2)=C1CCCCC.[CH3-].[CH3-].[Ni+2]. The Morgan fingerprint density at radius 2 is 0.611 bits per heavy atom. The van der Waals surface area contributed by atoms with E-state index in [-0.39, 0.29) is 31.3 Å². The van der Waals surface area contributed by atoms with Crippen molar-refractivity contribution in [2.45, 2.75) is 215 Å². The average Bonchev–Trinajstić information content (AvgIpc) is 3.41. The van der Waals surface area contributed by atoms with Gasteiger partial charge in [0.2, 0.25) is 11.4 Å². The summed E-state index contributed by atoms with van der Waals surface area (Å²) in [6.45, 7) is 13.8. The Bertz CT molecular complexity index is 1310. The van der Waals surface area contributed by atoms with Gasteiger partial charge in [0.05, 0.1) is 0 Å². The Hall–Kier alpha value is -1.99. The van der Waals surface area contributed by atoms with E-state index in [1.807, 2.05) is 0 Å². The van der Waals surface area contributed by atoms with Crippen molar-refractivity contribution in [3.05, 3.63) is 101 Å². The van der Waals surface area contributed by atoms with E-state index in [2.05, 4.69) is 77.9 Å². The van der Waals surface area contributed by atoms with Crippen LogP contribution in [0.15, 0.2) is 47.5 Å². The molecule has 0 radical (unpaired) electrons. The Morgan fingerprint density at radius 1 is 0.352 bits per heavy atom. The van der Waals surface area contributed by atoms with Gasteiger partial charge in [0, 0.05) is 22.3 Å². The quantitative estimate of drug-likeness (QED) is 0.0340. The first-order chi connectivity index (χ1) is 25.0. The molecule has 0 saturated carbocycles. The Morgan fingerprint density at radius 3 is 0.981 bits per heavy atom. The normalized spacial score (nSPS) is 12.6. The average molecular weight is 784 g/mol. The molecule has 3 heteroatoms. The maximum atomic E-state index is 12.7. The molecule has 0 spiro atoms. The Labute approximate surface area is 347 Å². The van der Waals surface area contributed by atoms with Crippen LogP contribution in [0, 0.1) is 14.9 Å². The molecule has 0 aliphatic carbocycles. The topological polar surface area (TPSA) is 25.3 Å². The summed E-state index contributed by atoms with van der Waals surface area (Å²) in [6.07, 6.45) is 33.0. The molecule has 2 aromatic carbocycles. The van der Waals surface area contributed by atoms with Crippen LogP contribution in [-0.4, -0.2) is 4.70 Å². The zero-order chi connectivity index (χ0) is 36.7. The molecule has 0 unspecified atom stereocenters. The predicted octanol–water partition coefficient (Wildman–Crippen LogP) is 17.0. The van der Waals surface area contributed by atoms with Crippen molar-refractivity contribution >= 4 is 11.4 Å². The van der Waals surface area contributed by atoms with E-state index in [1.165, 1.54) is 179 Å². The van der Waals surface area contributed by atoms with Gasteiger partial charge in [-0.1, -0.05) is 150 Å². The molecule has 308 valence electrons. The van der Waals surface area contributed by atoms with Crippen LogP contribution in [0.2, 0.25) is 0 Å². The van der Waals surface area contributed by atoms with Gasteiger partial charge in [-0.05, 0) is 124 Å². The van der Waals surface area contributed by atoms with E-state index in [0.29, 0.717) is 0 Å². The van der Waals surface area contributed by atoms with Gasteiger partial charge in [-0.15, -0.1) is 0 Å². The summed E-state index contributed by atoms with van der Waals surface area (Å²) in [6, 6.07) is 14.7. The first-order valence-corrected chi connectivity index (χ1v) is 22.2. The van der Waals surface area contributed by atoms with Crippen LogP contribution in [0.3, 0.4) is 0 Å². The number of hydrogen-bond acceptors (Lipinski definition) is 0. The number of aryl methyl sites for hydroxylation is 4. The second-order valence-corrected chi connectivity index (χ2v) is 15.8. The molecular weight excluding hydrogens is 699 g/mol. The molecule has 1 heterocycles. The fourth-order valence-corrected chi connectivity index (χ4v) is 8.07. The number of rotatable bonds is 29. The predicted molar refractivity (Wildman–Crippen MR) is 238 cm³/mol. The standard InChI is InChI=1S/C49H78N2.2CH3.Ni/c1-7-13-19-22-23-27-33-47-46(32-24-16-10-4)48(44-36-40(28-17-11-5)34-41(37-44)29-18-12-6)51(50)49(47)45-38-42(30-25-20-14-8-2)35-43(39-45)31-26-21-15-9-3;;;/h34-39H,7-33H2,1-6H3;2*1H3;/q;2*-1;+2. The number of hydrogen-bond donors (Lipinski definition) is 0. The zero-order valence-corrected chi connectivity index (χ0v) is 37.8. The molecule has 2 aromatic rings. The minimum absolute atomic E-state index is 0. The summed E-state index contributed by atoms with van der Waals surface area (Å²) in [7, 11) is 0. The number of allylic oxidation sites excluding steroid dienone is 2. The van der Waals surface area contributed by atoms with Crippen molar-refractivity contribution in [2.24, 2.45) is 0 Å². The molecule has 2 nitrogen and oxygen atoms in total. The maximum Gasteiger partial charge on any atom is 2.00 e. The summed E-state index contributed by atoms with van der Waals surface area (Å²) >= 11 is 0. The molecule has 3 rings (SSSR count). The molecule has 0 amide bonds. The second-order valence-electron chi connectivity index (χ2n) is 15.8. The minimum atomic E-state index is 0. The van der Waals surface area contributed by atoms with Gasteiger partial charge in [0.1, 0.15) is 0 Å². The maximum absolute atomic E-state index is 12.7. The third kappa shape index (κ3) is 17.4. The van der Waals surface area contributed by atoms with E-state index >= 15 is 0 Å². The summed E-state index contributed by atoms with van der Waals surface area (Å²) in [5.41, 5.74) is 25.9. The smallest absolute Gasteiger partial charge is 0.493 e. The summed E-state index contributed by atoms with van der Waals surface area (Å²) < 4.78 is 1.69. The van der Waals surface area contributed by atoms with Gasteiger partial charge in [-0.3, -0.25) is 0 Å². The van der Waals surface area contributed by atoms with E-state index < -0.39 is 0 Å². The largest absolute Gasteiger partial charge is 2.00 e. The molecule has 0 atom stereocenters. The molecule has 54 heavy (non-hydrogen) atoms. The van der Waals surface area contributed by atoms with Gasteiger partial charge in [-0.2, -0.15) is 0 Å². The molecule has 0 fully saturated rings. The van der Waals surface area contributed by atoms with Gasteiger partial charge in [-0.25, -0.2) is 4.70 Å². The van der Waals surface area contributed by atoms with Crippen LogP contribution in [0.5, 0.6) is 0 Å². The third-order valence-corrected chi connectivity index (χ3v) is 11.1. The Kier molecular flexibility index (Phi) is 30.0. The molecule has 0 bridgehead atoms. The van der Waals surface area contributed by atoms with E-state index in [0.717, 1.165) is 49.9 Å². The van der Waals surface area contributed by atoms with Gasteiger partial charge in [0.25, 0.3) is 0 Å². The van der Waals surface area contributed by atoms with Crippen LogP contribution in [-0.2, 0) is 42.2 Å². The second kappa shape index (κ2) is 31.1. The van der Waals surface area contributed by atoms with Gasteiger partial charge < -0.3 is 20.4 Å². The van der Waals surface area contributed by atoms with Crippen LogP contribution >= 0.6 is 0 Å². The summed E-state index contributed by atoms with van der Waals surface area (Å²) in [5, 5.41) is 0. The van der Waals surface area contributed by atoms with Crippen LogP contribution in [0.4, 0.5) is 0 Å². The van der Waals surface area contributed by atoms with Crippen LogP contribution in [0.25, 0.3) is 16.9 Å². The fraction of sp³-hybridized carbons (Fsp3) is 0.647. The molecule has 0 N–H and O–H groups in total. The summed E-state index contributed by atoms with van der Waals surface area (Å²) in [4.78, 5) is 0. The molecule has 0 saturated heterocycles. The first kappa shape index (κ1) is 52.0. The Balaban J connectivity index is 0.00000936. The van der Waals surface area contributed by atoms with Crippen molar-refractivity contribution in [3.8, 4) is 0 Å². The number of unbranched alkanes of at least 4 members (excludes halogenated alkanes) is 15. The first-order valence-electron chi connectivity index (χ1n) is 22.2. The van der Waals surface area contributed by atoms with Crippen molar-refractivity contribution in [1.29, 1.82) is 0 Å². The monoisotopic (exact) mass is 783 g/mol. The van der Waals surface area contributed by atoms with E-state index in [1.54, 1.807) is 4.70 Å². The summed E-state index contributed by atoms with van der Waals surface area (Å²) in [5.74, 6) is 0. The third-order valence-electron chi connectivity index (χ3n) is 11.1. The zero-order valence-electron chi connectivity index (χ0n) is 36.8. The van der Waals surface area contributed by atoms with Crippen LogP contribution < -0.4 is 0 Å².